The van der Waals surface area contributed by atoms with Crippen LogP contribution in [0.1, 0.15) is 47.0 Å². The highest BCUT2D eigenvalue weighted by Crippen LogP contribution is 2.32. The Bertz CT molecular complexity index is 345. The third-order valence-electron chi connectivity index (χ3n) is 4.33. The van der Waals surface area contributed by atoms with Crippen LogP contribution in [0.15, 0.2) is 0 Å². The van der Waals surface area contributed by atoms with Gasteiger partial charge in [-0.15, -0.1) is 0 Å². The van der Waals surface area contributed by atoms with Crippen molar-refractivity contribution >= 4 is 11.9 Å². The molecule has 0 aromatic carbocycles. The highest BCUT2D eigenvalue weighted by Gasteiger charge is 2.41. The molecule has 1 aliphatic rings. The van der Waals surface area contributed by atoms with Crippen molar-refractivity contribution < 1.29 is 19.4 Å². The van der Waals surface area contributed by atoms with Gasteiger partial charge in [0.05, 0.1) is 18.1 Å². The predicted molar refractivity (Wildman–Crippen MR) is 76.3 cm³/mol. The van der Waals surface area contributed by atoms with Gasteiger partial charge >= 0.3 is 5.97 Å². The molecule has 1 aliphatic heterocycles. The molecular weight excluding hydrogens is 258 g/mol. The van der Waals surface area contributed by atoms with E-state index in [1.807, 2.05) is 27.7 Å². The summed E-state index contributed by atoms with van der Waals surface area (Å²) in [7, 11) is 0. The Labute approximate surface area is 121 Å². The largest absolute Gasteiger partial charge is 0.481 e. The fraction of sp³-hybridized carbons (Fsp3) is 0.867. The topological polar surface area (TPSA) is 75.6 Å². The minimum atomic E-state index is -0.763. The number of carbonyl (C=O) groups is 2. The summed E-state index contributed by atoms with van der Waals surface area (Å²) in [4.78, 5) is 22.7. The van der Waals surface area contributed by atoms with Crippen molar-refractivity contribution in [1.82, 2.24) is 5.32 Å². The van der Waals surface area contributed by atoms with Crippen molar-refractivity contribution in [3.63, 3.8) is 0 Å². The van der Waals surface area contributed by atoms with Gasteiger partial charge in [-0.3, -0.25) is 9.59 Å². The molecule has 0 saturated carbocycles. The number of carboxylic acid groups (broad SMARTS) is 1. The van der Waals surface area contributed by atoms with Crippen LogP contribution in [0.3, 0.4) is 0 Å². The van der Waals surface area contributed by atoms with Gasteiger partial charge in [0.1, 0.15) is 0 Å². The van der Waals surface area contributed by atoms with Gasteiger partial charge in [-0.25, -0.2) is 0 Å². The molecule has 5 nitrogen and oxygen atoms in total. The average Bonchev–Trinajstić information content (AvgIpc) is 2.60. The first-order chi connectivity index (χ1) is 9.32. The molecule has 0 aromatic heterocycles. The molecule has 1 rings (SSSR count). The molecule has 116 valence electrons. The molecule has 0 spiro atoms. The highest BCUT2D eigenvalue weighted by atomic mass is 16.5. The van der Waals surface area contributed by atoms with E-state index in [0.29, 0.717) is 18.9 Å². The van der Waals surface area contributed by atoms with Crippen LogP contribution in [-0.4, -0.2) is 35.7 Å². The van der Waals surface area contributed by atoms with Gasteiger partial charge < -0.3 is 15.2 Å². The van der Waals surface area contributed by atoms with Crippen molar-refractivity contribution in [1.29, 1.82) is 0 Å². The number of carboxylic acids is 1. The summed E-state index contributed by atoms with van der Waals surface area (Å²) in [5.74, 6) is -0.255. The Morgan fingerprint density at radius 2 is 1.85 bits per heavy atom. The lowest BCUT2D eigenvalue weighted by molar-refractivity contribution is -0.137. The summed E-state index contributed by atoms with van der Waals surface area (Å²) in [6.45, 7) is 8.61. The van der Waals surface area contributed by atoms with Gasteiger partial charge in [-0.05, 0) is 38.5 Å². The number of carbonyl (C=O) groups excluding carboxylic acids is 1. The van der Waals surface area contributed by atoms with E-state index in [9.17, 15) is 9.59 Å². The maximum Gasteiger partial charge on any atom is 0.303 e. The smallest absolute Gasteiger partial charge is 0.303 e. The molecule has 2 N–H and O–H groups in total. The Balaban J connectivity index is 2.28. The standard InChI is InChI=1S/C15H27NO4/c1-9(5-6-13(17)18)7-8-16-15(19)14-10(2)11(3)20-12(14)4/h9-12,14H,5-8H2,1-4H3,(H,16,19)(H,17,18). The fourth-order valence-corrected chi connectivity index (χ4v) is 2.79. The van der Waals surface area contributed by atoms with Crippen LogP contribution in [-0.2, 0) is 14.3 Å². The second kappa shape index (κ2) is 7.62. The summed E-state index contributed by atoms with van der Waals surface area (Å²) >= 11 is 0. The monoisotopic (exact) mass is 285 g/mol. The van der Waals surface area contributed by atoms with Crippen LogP contribution in [0, 0.1) is 17.8 Å². The van der Waals surface area contributed by atoms with Crippen molar-refractivity contribution in [2.75, 3.05) is 6.54 Å². The zero-order chi connectivity index (χ0) is 15.3. The van der Waals surface area contributed by atoms with Gasteiger partial charge in [0.2, 0.25) is 5.91 Å². The lowest BCUT2D eigenvalue weighted by Gasteiger charge is -2.18. The van der Waals surface area contributed by atoms with E-state index in [0.717, 1.165) is 6.42 Å². The summed E-state index contributed by atoms with van der Waals surface area (Å²) in [6.07, 6.45) is 1.74. The van der Waals surface area contributed by atoms with Crippen LogP contribution >= 0.6 is 0 Å². The minimum Gasteiger partial charge on any atom is -0.481 e. The lowest BCUT2D eigenvalue weighted by atomic mass is 9.89. The molecule has 5 heteroatoms. The van der Waals surface area contributed by atoms with Crippen LogP contribution in [0.4, 0.5) is 0 Å². The average molecular weight is 285 g/mol. The molecule has 1 amide bonds. The number of aliphatic carboxylic acids is 1. The SMILES string of the molecule is CC(CCNC(=O)C1C(C)OC(C)C1C)CCC(=O)O. The normalized spacial score (nSPS) is 31.0. The zero-order valence-electron chi connectivity index (χ0n) is 12.9. The summed E-state index contributed by atoms with van der Waals surface area (Å²) in [6, 6.07) is 0. The maximum atomic E-state index is 12.2. The quantitative estimate of drug-likeness (QED) is 0.750. The Morgan fingerprint density at radius 3 is 2.35 bits per heavy atom. The molecule has 1 saturated heterocycles. The first-order valence-corrected chi connectivity index (χ1v) is 7.47. The molecule has 5 unspecified atom stereocenters. The van der Waals surface area contributed by atoms with E-state index in [4.69, 9.17) is 9.84 Å². The van der Waals surface area contributed by atoms with E-state index in [1.165, 1.54) is 0 Å². The first-order valence-electron chi connectivity index (χ1n) is 7.47. The second-order valence-corrected chi connectivity index (χ2v) is 6.05. The number of ether oxygens (including phenoxy) is 1. The van der Waals surface area contributed by atoms with Gasteiger partial charge in [-0.1, -0.05) is 13.8 Å². The third-order valence-corrected chi connectivity index (χ3v) is 4.33. The van der Waals surface area contributed by atoms with Crippen molar-refractivity contribution in [3.8, 4) is 0 Å². The van der Waals surface area contributed by atoms with Gasteiger partial charge in [0, 0.05) is 13.0 Å². The molecular formula is C15H27NO4. The number of hydrogen-bond acceptors (Lipinski definition) is 3. The van der Waals surface area contributed by atoms with Gasteiger partial charge in [0.15, 0.2) is 0 Å². The lowest BCUT2D eigenvalue weighted by Crippen LogP contribution is -2.38. The minimum absolute atomic E-state index is 0.0376. The number of rotatable bonds is 7. The molecule has 1 heterocycles. The summed E-state index contributed by atoms with van der Waals surface area (Å²) in [5, 5.41) is 11.6. The fourth-order valence-electron chi connectivity index (χ4n) is 2.79. The first kappa shape index (κ1) is 17.0. The van der Waals surface area contributed by atoms with Crippen LogP contribution < -0.4 is 5.32 Å². The number of hydrogen-bond donors (Lipinski definition) is 2. The Hall–Kier alpha value is -1.10. The van der Waals surface area contributed by atoms with E-state index in [1.54, 1.807) is 0 Å². The van der Waals surface area contributed by atoms with Crippen LogP contribution in [0.5, 0.6) is 0 Å². The maximum absolute atomic E-state index is 12.2. The number of nitrogens with one attached hydrogen (secondary N) is 1. The van der Waals surface area contributed by atoms with Gasteiger partial charge in [-0.2, -0.15) is 0 Å². The Morgan fingerprint density at radius 1 is 1.20 bits per heavy atom. The van der Waals surface area contributed by atoms with Crippen molar-refractivity contribution in [3.05, 3.63) is 0 Å². The third kappa shape index (κ3) is 4.78. The van der Waals surface area contributed by atoms with E-state index >= 15 is 0 Å². The highest BCUT2D eigenvalue weighted by molar-refractivity contribution is 5.79. The molecule has 0 aromatic rings. The summed E-state index contributed by atoms with van der Waals surface area (Å²) in [5.41, 5.74) is 0. The second-order valence-electron chi connectivity index (χ2n) is 6.05. The molecule has 5 atom stereocenters. The van der Waals surface area contributed by atoms with Crippen molar-refractivity contribution in [2.45, 2.75) is 59.2 Å². The van der Waals surface area contributed by atoms with E-state index in [2.05, 4.69) is 5.32 Å². The van der Waals surface area contributed by atoms with Gasteiger partial charge in [0.25, 0.3) is 0 Å². The molecule has 0 radical (unpaired) electrons. The van der Waals surface area contributed by atoms with E-state index in [-0.39, 0.29) is 36.4 Å². The molecule has 0 bridgehead atoms. The van der Waals surface area contributed by atoms with Crippen molar-refractivity contribution in [2.24, 2.45) is 17.8 Å². The van der Waals surface area contributed by atoms with E-state index < -0.39 is 5.97 Å². The molecule has 20 heavy (non-hydrogen) atoms. The zero-order valence-corrected chi connectivity index (χ0v) is 12.9. The predicted octanol–water partition coefficient (Wildman–Crippen LogP) is 2.05. The summed E-state index contributed by atoms with van der Waals surface area (Å²) < 4.78 is 5.67. The molecule has 1 fully saturated rings. The van der Waals surface area contributed by atoms with Crippen LogP contribution in [0.25, 0.3) is 0 Å². The molecule has 0 aliphatic carbocycles. The van der Waals surface area contributed by atoms with Crippen LogP contribution in [0.2, 0.25) is 0 Å². The Kier molecular flexibility index (Phi) is 6.46. The number of amides is 1.